The number of aromatic nitrogens is 3. The molecule has 3 heterocycles. The number of carbonyl (C=O) groups excluding carboxylic acids is 1. The Bertz CT molecular complexity index is 869. The summed E-state index contributed by atoms with van der Waals surface area (Å²) < 4.78 is 1.87. The number of nitrogens with zero attached hydrogens (tertiary/aromatic N) is 4. The Hall–Kier alpha value is -2.63. The maximum atomic E-state index is 12.3. The van der Waals surface area contributed by atoms with Crippen LogP contribution in [-0.2, 0) is 4.79 Å². The Labute approximate surface area is 121 Å². The van der Waals surface area contributed by atoms with E-state index >= 15 is 0 Å². The van der Waals surface area contributed by atoms with Gasteiger partial charge in [0, 0.05) is 19.0 Å². The van der Waals surface area contributed by atoms with E-state index in [-0.39, 0.29) is 11.9 Å². The molecule has 4 rings (SSSR count). The molecule has 1 atom stereocenters. The summed E-state index contributed by atoms with van der Waals surface area (Å²) in [4.78, 5) is 22.8. The number of pyridine rings is 1. The lowest BCUT2D eigenvalue weighted by Gasteiger charge is -2.14. The van der Waals surface area contributed by atoms with Crippen molar-refractivity contribution in [3.05, 3.63) is 30.5 Å². The molecule has 21 heavy (non-hydrogen) atoms. The molecule has 1 aliphatic rings. The maximum absolute atomic E-state index is 12.3. The Balaban J connectivity index is 2.06. The Morgan fingerprint density at radius 1 is 1.29 bits per heavy atom. The predicted octanol–water partition coefficient (Wildman–Crippen LogP) is 1.57. The van der Waals surface area contributed by atoms with Gasteiger partial charge in [-0.3, -0.25) is 14.3 Å². The number of anilines is 1. The van der Waals surface area contributed by atoms with Crippen LogP contribution in [0.4, 0.5) is 5.95 Å². The molecule has 1 amide bonds. The second-order valence-corrected chi connectivity index (χ2v) is 5.41. The second-order valence-electron chi connectivity index (χ2n) is 5.41. The van der Waals surface area contributed by atoms with E-state index in [0.717, 1.165) is 34.9 Å². The summed E-state index contributed by atoms with van der Waals surface area (Å²) in [5.74, 6) is 0.457. The zero-order valence-electron chi connectivity index (χ0n) is 11.7. The number of hydrogen-bond acceptors (Lipinski definition) is 4. The highest BCUT2D eigenvalue weighted by Gasteiger charge is 2.33. The van der Waals surface area contributed by atoms with E-state index in [1.54, 1.807) is 11.1 Å². The molecule has 6 nitrogen and oxygen atoms in total. The molecule has 0 radical (unpaired) electrons. The van der Waals surface area contributed by atoms with Gasteiger partial charge in [0.1, 0.15) is 11.6 Å². The van der Waals surface area contributed by atoms with E-state index < -0.39 is 0 Å². The van der Waals surface area contributed by atoms with E-state index in [1.807, 2.05) is 35.9 Å². The molecule has 1 fully saturated rings. The third-order valence-corrected chi connectivity index (χ3v) is 4.16. The van der Waals surface area contributed by atoms with Gasteiger partial charge in [-0.1, -0.05) is 18.2 Å². The highest BCUT2D eigenvalue weighted by atomic mass is 16.2. The number of benzene rings is 1. The smallest absolute Gasteiger partial charge is 0.245 e. The quantitative estimate of drug-likeness (QED) is 0.734. The first-order valence-electron chi connectivity index (χ1n) is 6.93. The van der Waals surface area contributed by atoms with E-state index in [0.29, 0.717) is 5.95 Å². The number of para-hydroxylation sites is 1. The molecule has 1 aromatic carbocycles. The standard InChI is InChI=1S/C15H15N5O/c1-19-7-6-12(14(19)21)20-13-9-4-2-3-5-10(9)17-8-11(13)18-15(20)16/h2-5,8,12H,6-7H2,1H3,(H2,16,18). The molecule has 0 aliphatic carbocycles. The third-order valence-electron chi connectivity index (χ3n) is 4.16. The molecule has 1 saturated heterocycles. The summed E-state index contributed by atoms with van der Waals surface area (Å²) in [6, 6.07) is 7.57. The molecule has 2 aromatic heterocycles. The number of imidazole rings is 1. The SMILES string of the molecule is CN1CCC(n2c(N)nc3cnc4ccccc4c32)C1=O. The normalized spacial score (nSPS) is 19.0. The summed E-state index contributed by atoms with van der Waals surface area (Å²) in [5.41, 5.74) is 8.59. The average Bonchev–Trinajstić information content (AvgIpc) is 2.99. The lowest BCUT2D eigenvalue weighted by Crippen LogP contribution is -2.25. The number of carbonyl (C=O) groups is 1. The number of likely N-dealkylation sites (tertiary alicyclic amines) is 1. The van der Waals surface area contributed by atoms with Gasteiger partial charge in [0.15, 0.2) is 0 Å². The van der Waals surface area contributed by atoms with Gasteiger partial charge in [-0.15, -0.1) is 0 Å². The van der Waals surface area contributed by atoms with Crippen molar-refractivity contribution in [2.24, 2.45) is 0 Å². The fraction of sp³-hybridized carbons (Fsp3) is 0.267. The number of amides is 1. The average molecular weight is 281 g/mol. The number of nitrogens with two attached hydrogens (primary N) is 1. The molecule has 0 saturated carbocycles. The van der Waals surface area contributed by atoms with Gasteiger partial charge in [-0.25, -0.2) is 4.98 Å². The van der Waals surface area contributed by atoms with E-state index in [4.69, 9.17) is 5.73 Å². The highest BCUT2D eigenvalue weighted by Crippen LogP contribution is 2.32. The minimum absolute atomic E-state index is 0.0851. The predicted molar refractivity (Wildman–Crippen MR) is 80.7 cm³/mol. The van der Waals surface area contributed by atoms with Crippen molar-refractivity contribution in [1.29, 1.82) is 0 Å². The summed E-state index contributed by atoms with van der Waals surface area (Å²) in [6.45, 7) is 0.742. The molecule has 1 aliphatic heterocycles. The van der Waals surface area contributed by atoms with Gasteiger partial charge in [-0.05, 0) is 12.5 Å². The van der Waals surface area contributed by atoms with Gasteiger partial charge < -0.3 is 10.6 Å². The van der Waals surface area contributed by atoms with Crippen molar-refractivity contribution in [3.8, 4) is 0 Å². The Kier molecular flexibility index (Phi) is 2.42. The minimum atomic E-state index is -0.272. The van der Waals surface area contributed by atoms with Crippen LogP contribution in [0.2, 0.25) is 0 Å². The first kappa shape index (κ1) is 12.1. The molecule has 3 aromatic rings. The molecular formula is C15H15N5O. The van der Waals surface area contributed by atoms with Crippen molar-refractivity contribution in [2.75, 3.05) is 19.3 Å². The van der Waals surface area contributed by atoms with Crippen LogP contribution in [0.5, 0.6) is 0 Å². The highest BCUT2D eigenvalue weighted by molar-refractivity contribution is 6.03. The van der Waals surface area contributed by atoms with E-state index in [2.05, 4.69) is 9.97 Å². The van der Waals surface area contributed by atoms with Gasteiger partial charge in [-0.2, -0.15) is 0 Å². The number of fused-ring (bicyclic) bond motifs is 3. The fourth-order valence-electron chi connectivity index (χ4n) is 3.10. The monoisotopic (exact) mass is 281 g/mol. The van der Waals surface area contributed by atoms with Crippen LogP contribution >= 0.6 is 0 Å². The first-order valence-corrected chi connectivity index (χ1v) is 6.93. The second kappa shape index (κ2) is 4.18. The number of nitrogen functional groups attached to an aromatic ring is 1. The summed E-state index contributed by atoms with van der Waals surface area (Å²) in [6.07, 6.45) is 2.47. The molecule has 2 N–H and O–H groups in total. The lowest BCUT2D eigenvalue weighted by molar-refractivity contribution is -0.129. The van der Waals surface area contributed by atoms with Gasteiger partial charge >= 0.3 is 0 Å². The van der Waals surface area contributed by atoms with E-state index in [1.165, 1.54) is 0 Å². The Morgan fingerprint density at radius 3 is 2.86 bits per heavy atom. The van der Waals surface area contributed by atoms with Gasteiger partial charge in [0.05, 0.1) is 17.2 Å². The maximum Gasteiger partial charge on any atom is 0.245 e. The van der Waals surface area contributed by atoms with Crippen molar-refractivity contribution in [1.82, 2.24) is 19.4 Å². The van der Waals surface area contributed by atoms with Crippen LogP contribution in [-0.4, -0.2) is 38.9 Å². The first-order chi connectivity index (χ1) is 10.2. The van der Waals surface area contributed by atoms with Crippen LogP contribution in [0.15, 0.2) is 30.5 Å². The number of hydrogen-bond donors (Lipinski definition) is 1. The topological polar surface area (TPSA) is 77.0 Å². The lowest BCUT2D eigenvalue weighted by atomic mass is 10.1. The van der Waals surface area contributed by atoms with Crippen LogP contribution in [0.1, 0.15) is 12.5 Å². The molecule has 0 spiro atoms. The molecule has 1 unspecified atom stereocenters. The zero-order chi connectivity index (χ0) is 14.6. The zero-order valence-corrected chi connectivity index (χ0v) is 11.7. The Morgan fingerprint density at radius 2 is 2.10 bits per heavy atom. The van der Waals surface area contributed by atoms with Gasteiger partial charge in [0.2, 0.25) is 11.9 Å². The minimum Gasteiger partial charge on any atom is -0.369 e. The van der Waals surface area contributed by atoms with E-state index in [9.17, 15) is 4.79 Å². The molecule has 6 heteroatoms. The van der Waals surface area contributed by atoms with Crippen molar-refractivity contribution in [3.63, 3.8) is 0 Å². The summed E-state index contributed by atoms with van der Waals surface area (Å²) in [5, 5.41) is 0.974. The van der Waals surface area contributed by atoms with Crippen LogP contribution in [0.25, 0.3) is 21.9 Å². The number of likely N-dealkylation sites (N-methyl/N-ethyl adjacent to an activating group) is 1. The van der Waals surface area contributed by atoms with Crippen LogP contribution < -0.4 is 5.73 Å². The largest absolute Gasteiger partial charge is 0.369 e. The van der Waals surface area contributed by atoms with Crippen LogP contribution in [0.3, 0.4) is 0 Å². The van der Waals surface area contributed by atoms with Gasteiger partial charge in [0.25, 0.3) is 0 Å². The fourth-order valence-corrected chi connectivity index (χ4v) is 3.10. The summed E-state index contributed by atoms with van der Waals surface area (Å²) in [7, 11) is 1.82. The molecule has 0 bridgehead atoms. The third kappa shape index (κ3) is 1.62. The van der Waals surface area contributed by atoms with Crippen molar-refractivity contribution < 1.29 is 4.79 Å². The molecule has 106 valence electrons. The molecular weight excluding hydrogens is 266 g/mol. The number of rotatable bonds is 1. The van der Waals surface area contributed by atoms with Crippen molar-refractivity contribution >= 4 is 33.8 Å². The van der Waals surface area contributed by atoms with Crippen LogP contribution in [0, 0.1) is 0 Å². The van der Waals surface area contributed by atoms with Crippen molar-refractivity contribution in [2.45, 2.75) is 12.5 Å². The summed E-state index contributed by atoms with van der Waals surface area (Å²) >= 11 is 0.